The molecule has 3 N–H and O–H groups in total. The van der Waals surface area contributed by atoms with E-state index in [9.17, 15) is 14.0 Å². The number of hydrogen-bond acceptors (Lipinski definition) is 4. The van der Waals surface area contributed by atoms with Gasteiger partial charge >= 0.3 is 0 Å². The zero-order valence-corrected chi connectivity index (χ0v) is 15.3. The Hall–Kier alpha value is -3.22. The van der Waals surface area contributed by atoms with Gasteiger partial charge in [-0.15, -0.1) is 0 Å². The Morgan fingerprint density at radius 1 is 1.11 bits per heavy atom. The summed E-state index contributed by atoms with van der Waals surface area (Å²) in [5, 5.41) is 8.96. The van der Waals surface area contributed by atoms with Crippen LogP contribution in [-0.4, -0.2) is 23.6 Å². The molecule has 0 unspecified atom stereocenters. The number of hydrazone groups is 1. The highest BCUT2D eigenvalue weighted by Crippen LogP contribution is 2.41. The van der Waals surface area contributed by atoms with E-state index in [4.69, 9.17) is 5.73 Å². The monoisotopic (exact) mass is 380 g/mol. The van der Waals surface area contributed by atoms with Gasteiger partial charge in [0.2, 0.25) is 5.91 Å². The maximum absolute atomic E-state index is 13.3. The highest BCUT2D eigenvalue weighted by atomic mass is 19.1. The Labute approximate surface area is 162 Å². The van der Waals surface area contributed by atoms with E-state index in [2.05, 4.69) is 10.4 Å². The predicted octanol–water partition coefficient (Wildman–Crippen LogP) is 2.44. The molecular weight excluding hydrogens is 359 g/mol. The molecular formula is C21H21FN4O2. The first kappa shape index (κ1) is 18.2. The molecule has 2 aromatic carbocycles. The molecule has 1 atom stereocenters. The van der Waals surface area contributed by atoms with Gasteiger partial charge in [-0.1, -0.05) is 30.3 Å². The summed E-state index contributed by atoms with van der Waals surface area (Å²) in [6.07, 6.45) is 2.68. The van der Waals surface area contributed by atoms with Crippen LogP contribution in [0.3, 0.4) is 0 Å². The fraction of sp³-hybridized carbons (Fsp3) is 0.286. The lowest BCUT2D eigenvalue weighted by molar-refractivity contribution is -0.119. The molecule has 28 heavy (non-hydrogen) atoms. The molecule has 7 heteroatoms. The molecule has 1 aliphatic carbocycles. The average molecular weight is 380 g/mol. The van der Waals surface area contributed by atoms with Gasteiger partial charge in [0.25, 0.3) is 5.91 Å². The minimum Gasteiger partial charge on any atom is -0.368 e. The molecule has 4 rings (SSSR count). The molecule has 0 saturated heterocycles. The second-order valence-electron chi connectivity index (χ2n) is 7.25. The van der Waals surface area contributed by atoms with Gasteiger partial charge in [-0.2, -0.15) is 5.10 Å². The van der Waals surface area contributed by atoms with Crippen LogP contribution in [0.15, 0.2) is 59.7 Å². The second-order valence-corrected chi connectivity index (χ2v) is 7.25. The van der Waals surface area contributed by atoms with E-state index in [1.807, 2.05) is 30.3 Å². The summed E-state index contributed by atoms with van der Waals surface area (Å²) in [5.74, 6) is -1.17. The first-order valence-electron chi connectivity index (χ1n) is 9.28. The van der Waals surface area contributed by atoms with Gasteiger partial charge < -0.3 is 11.1 Å². The minimum atomic E-state index is -0.702. The Morgan fingerprint density at radius 3 is 2.36 bits per heavy atom. The minimum absolute atomic E-state index is 0.148. The Bertz CT molecular complexity index is 923. The predicted molar refractivity (Wildman–Crippen MR) is 104 cm³/mol. The zero-order chi connectivity index (χ0) is 19.7. The summed E-state index contributed by atoms with van der Waals surface area (Å²) < 4.78 is 13.3. The van der Waals surface area contributed by atoms with E-state index in [1.54, 1.807) is 12.1 Å². The van der Waals surface area contributed by atoms with E-state index < -0.39 is 17.5 Å². The van der Waals surface area contributed by atoms with E-state index >= 15 is 0 Å². The first-order valence-corrected chi connectivity index (χ1v) is 9.28. The SMILES string of the molecule is NC(=O)[C@H]1CC(C(=O)NC2(c3ccc(F)cc3)CCC2)=NN1c1ccccc1. The van der Waals surface area contributed by atoms with Crippen LogP contribution in [0.2, 0.25) is 0 Å². The van der Waals surface area contributed by atoms with Crippen molar-refractivity contribution in [3.05, 3.63) is 66.0 Å². The molecule has 0 spiro atoms. The van der Waals surface area contributed by atoms with Crippen molar-refractivity contribution < 1.29 is 14.0 Å². The number of rotatable bonds is 5. The average Bonchev–Trinajstić information content (AvgIpc) is 3.12. The van der Waals surface area contributed by atoms with Crippen LogP contribution in [0.1, 0.15) is 31.2 Å². The Morgan fingerprint density at radius 2 is 1.79 bits per heavy atom. The van der Waals surface area contributed by atoms with Crippen molar-refractivity contribution in [2.45, 2.75) is 37.3 Å². The van der Waals surface area contributed by atoms with Crippen LogP contribution in [0.25, 0.3) is 0 Å². The molecule has 0 bridgehead atoms. The van der Waals surface area contributed by atoms with Gasteiger partial charge in [-0.05, 0) is 49.1 Å². The number of hydrogen-bond donors (Lipinski definition) is 2. The van der Waals surface area contributed by atoms with Gasteiger partial charge in [0.05, 0.1) is 11.2 Å². The number of anilines is 1. The van der Waals surface area contributed by atoms with Crippen LogP contribution in [-0.2, 0) is 15.1 Å². The van der Waals surface area contributed by atoms with Crippen LogP contribution >= 0.6 is 0 Å². The van der Waals surface area contributed by atoms with E-state index in [-0.39, 0.29) is 23.9 Å². The standard InChI is InChI=1S/C21H21FN4O2/c22-15-9-7-14(8-10-15)21(11-4-12-21)24-20(28)17-13-18(19(23)27)26(25-17)16-5-2-1-3-6-16/h1-3,5-10,18H,4,11-13H2,(H2,23,27)(H,24,28)/t18-/m1/s1. The zero-order valence-electron chi connectivity index (χ0n) is 15.3. The Kier molecular flexibility index (Phi) is 4.58. The molecule has 1 heterocycles. The molecule has 1 aliphatic heterocycles. The maximum atomic E-state index is 13.3. The number of carbonyl (C=O) groups is 2. The summed E-state index contributed by atoms with van der Waals surface area (Å²) >= 11 is 0. The molecule has 2 aromatic rings. The number of nitrogens with one attached hydrogen (secondary N) is 1. The molecule has 0 aromatic heterocycles. The lowest BCUT2D eigenvalue weighted by atomic mass is 9.71. The molecule has 1 saturated carbocycles. The number of carbonyl (C=O) groups excluding carboxylic acids is 2. The van der Waals surface area contributed by atoms with Crippen molar-refractivity contribution in [2.75, 3.05) is 5.01 Å². The summed E-state index contributed by atoms with van der Waals surface area (Å²) in [6, 6.07) is 14.6. The largest absolute Gasteiger partial charge is 0.368 e. The summed E-state index contributed by atoms with van der Waals surface area (Å²) in [7, 11) is 0. The summed E-state index contributed by atoms with van der Waals surface area (Å²) in [5.41, 5.74) is 6.86. The van der Waals surface area contributed by atoms with E-state index in [0.29, 0.717) is 5.69 Å². The second kappa shape index (κ2) is 7.07. The number of nitrogens with two attached hydrogens (primary N) is 1. The van der Waals surface area contributed by atoms with Crippen molar-refractivity contribution in [3.8, 4) is 0 Å². The van der Waals surface area contributed by atoms with Crippen molar-refractivity contribution in [1.29, 1.82) is 0 Å². The van der Waals surface area contributed by atoms with Crippen molar-refractivity contribution in [3.63, 3.8) is 0 Å². The summed E-state index contributed by atoms with van der Waals surface area (Å²) in [4.78, 5) is 24.8. The van der Waals surface area contributed by atoms with E-state index in [0.717, 1.165) is 24.8 Å². The highest BCUT2D eigenvalue weighted by Gasteiger charge is 2.42. The normalized spacial score (nSPS) is 20.2. The van der Waals surface area contributed by atoms with Crippen LogP contribution < -0.4 is 16.1 Å². The summed E-state index contributed by atoms with van der Waals surface area (Å²) in [6.45, 7) is 0. The number of nitrogens with zero attached hydrogens (tertiary/aromatic N) is 2. The number of benzene rings is 2. The topological polar surface area (TPSA) is 87.8 Å². The van der Waals surface area contributed by atoms with Gasteiger partial charge in [-0.3, -0.25) is 14.6 Å². The number of halogens is 1. The highest BCUT2D eigenvalue weighted by molar-refractivity contribution is 6.40. The third-order valence-corrected chi connectivity index (χ3v) is 5.48. The van der Waals surface area contributed by atoms with Gasteiger partial charge in [0.15, 0.2) is 0 Å². The van der Waals surface area contributed by atoms with Gasteiger partial charge in [0, 0.05) is 6.42 Å². The van der Waals surface area contributed by atoms with E-state index in [1.165, 1.54) is 17.1 Å². The fourth-order valence-corrected chi connectivity index (χ4v) is 3.76. The van der Waals surface area contributed by atoms with Crippen LogP contribution in [0, 0.1) is 5.82 Å². The van der Waals surface area contributed by atoms with Crippen molar-refractivity contribution in [2.24, 2.45) is 10.8 Å². The van der Waals surface area contributed by atoms with Crippen LogP contribution in [0.4, 0.5) is 10.1 Å². The number of primary amides is 1. The number of amides is 2. The molecule has 2 aliphatic rings. The smallest absolute Gasteiger partial charge is 0.268 e. The van der Waals surface area contributed by atoms with Crippen molar-refractivity contribution >= 4 is 23.2 Å². The fourth-order valence-electron chi connectivity index (χ4n) is 3.76. The third kappa shape index (κ3) is 3.24. The molecule has 6 nitrogen and oxygen atoms in total. The number of para-hydroxylation sites is 1. The van der Waals surface area contributed by atoms with Gasteiger partial charge in [0.1, 0.15) is 17.6 Å². The molecule has 0 radical (unpaired) electrons. The van der Waals surface area contributed by atoms with Gasteiger partial charge in [-0.25, -0.2) is 4.39 Å². The molecule has 1 fully saturated rings. The third-order valence-electron chi connectivity index (χ3n) is 5.48. The first-order chi connectivity index (χ1) is 13.5. The lowest BCUT2D eigenvalue weighted by Crippen LogP contribution is -2.52. The maximum Gasteiger partial charge on any atom is 0.268 e. The molecule has 144 valence electrons. The lowest BCUT2D eigenvalue weighted by Gasteiger charge is -2.43. The van der Waals surface area contributed by atoms with Crippen LogP contribution in [0.5, 0.6) is 0 Å². The Balaban J connectivity index is 1.57. The quantitative estimate of drug-likeness (QED) is 0.835. The molecule has 2 amide bonds. The van der Waals surface area contributed by atoms with Crippen molar-refractivity contribution in [1.82, 2.24) is 5.32 Å².